The molecule has 1 heterocycles. The minimum Gasteiger partial charge on any atom is -0.395 e. The zero-order chi connectivity index (χ0) is 18.2. The molecule has 0 unspecified atom stereocenters. The van der Waals surface area contributed by atoms with Crippen molar-refractivity contribution in [2.45, 2.75) is 18.4 Å². The SMILES string of the molecule is Cc1c(CNC(=O)N(CCO)CCSc2ccc(Cl)cc2)cnn1C. The third-order valence-corrected chi connectivity index (χ3v) is 5.11. The van der Waals surface area contributed by atoms with Crippen molar-refractivity contribution >= 4 is 29.4 Å². The van der Waals surface area contributed by atoms with Crippen molar-refractivity contribution in [1.82, 2.24) is 20.0 Å². The number of benzene rings is 1. The second kappa shape index (κ2) is 9.70. The Balaban J connectivity index is 1.82. The third-order valence-electron chi connectivity index (χ3n) is 3.87. The molecule has 0 spiro atoms. The maximum absolute atomic E-state index is 12.4. The summed E-state index contributed by atoms with van der Waals surface area (Å²) in [5.74, 6) is 0.737. The van der Waals surface area contributed by atoms with Gasteiger partial charge in [-0.15, -0.1) is 11.8 Å². The molecule has 0 aliphatic heterocycles. The van der Waals surface area contributed by atoms with Crippen LogP contribution in [-0.4, -0.2) is 51.3 Å². The van der Waals surface area contributed by atoms with E-state index in [9.17, 15) is 9.90 Å². The number of carbonyl (C=O) groups is 1. The van der Waals surface area contributed by atoms with Gasteiger partial charge in [0.05, 0.1) is 12.8 Å². The number of aromatic nitrogens is 2. The molecule has 1 aromatic carbocycles. The summed E-state index contributed by atoms with van der Waals surface area (Å²) in [7, 11) is 1.87. The number of urea groups is 1. The van der Waals surface area contributed by atoms with Crippen molar-refractivity contribution < 1.29 is 9.90 Å². The van der Waals surface area contributed by atoms with Crippen molar-refractivity contribution in [3.05, 3.63) is 46.7 Å². The minimum absolute atomic E-state index is 0.0645. The van der Waals surface area contributed by atoms with Crippen LogP contribution in [0.5, 0.6) is 0 Å². The first-order chi connectivity index (χ1) is 12.0. The van der Waals surface area contributed by atoms with Gasteiger partial charge >= 0.3 is 6.03 Å². The number of aryl methyl sites for hydroxylation is 1. The first kappa shape index (κ1) is 19.6. The van der Waals surface area contributed by atoms with Crippen molar-refractivity contribution in [2.75, 3.05) is 25.4 Å². The largest absolute Gasteiger partial charge is 0.395 e. The average molecular weight is 383 g/mol. The van der Waals surface area contributed by atoms with Gasteiger partial charge in [-0.3, -0.25) is 4.68 Å². The van der Waals surface area contributed by atoms with Gasteiger partial charge in [0.1, 0.15) is 0 Å². The van der Waals surface area contributed by atoms with Crippen LogP contribution in [0.15, 0.2) is 35.4 Å². The Bertz CT molecular complexity index is 690. The summed E-state index contributed by atoms with van der Waals surface area (Å²) in [6.45, 7) is 3.17. The highest BCUT2D eigenvalue weighted by molar-refractivity contribution is 7.99. The maximum atomic E-state index is 12.4. The van der Waals surface area contributed by atoms with Crippen LogP contribution >= 0.6 is 23.4 Å². The fraction of sp³-hybridized carbons (Fsp3) is 0.412. The van der Waals surface area contributed by atoms with E-state index in [4.69, 9.17) is 11.6 Å². The van der Waals surface area contributed by atoms with Gasteiger partial charge in [-0.25, -0.2) is 4.79 Å². The number of amides is 2. The average Bonchev–Trinajstić information content (AvgIpc) is 2.92. The number of nitrogens with one attached hydrogen (secondary N) is 1. The lowest BCUT2D eigenvalue weighted by Gasteiger charge is -2.22. The van der Waals surface area contributed by atoms with Crippen LogP contribution in [0.2, 0.25) is 5.02 Å². The van der Waals surface area contributed by atoms with Gasteiger partial charge in [-0.1, -0.05) is 11.6 Å². The second-order valence-electron chi connectivity index (χ2n) is 5.55. The van der Waals surface area contributed by atoms with Crippen LogP contribution < -0.4 is 5.32 Å². The van der Waals surface area contributed by atoms with E-state index in [0.717, 1.165) is 21.9 Å². The molecule has 0 radical (unpaired) electrons. The molecule has 136 valence electrons. The molecule has 2 amide bonds. The predicted octanol–water partition coefficient (Wildman–Crippen LogP) is 2.68. The van der Waals surface area contributed by atoms with E-state index in [2.05, 4.69) is 10.4 Å². The van der Waals surface area contributed by atoms with Crippen LogP contribution in [0.4, 0.5) is 4.79 Å². The highest BCUT2D eigenvalue weighted by atomic mass is 35.5. The van der Waals surface area contributed by atoms with Gasteiger partial charge in [0, 0.05) is 53.6 Å². The Labute approximate surface area is 157 Å². The summed E-state index contributed by atoms with van der Waals surface area (Å²) >= 11 is 7.52. The maximum Gasteiger partial charge on any atom is 0.317 e. The van der Waals surface area contributed by atoms with Crippen LogP contribution in [0.3, 0.4) is 0 Å². The van der Waals surface area contributed by atoms with Crippen molar-refractivity contribution in [1.29, 1.82) is 0 Å². The van der Waals surface area contributed by atoms with E-state index in [1.165, 1.54) is 0 Å². The highest BCUT2D eigenvalue weighted by Gasteiger charge is 2.13. The fourth-order valence-electron chi connectivity index (χ4n) is 2.24. The second-order valence-corrected chi connectivity index (χ2v) is 7.16. The minimum atomic E-state index is -0.186. The molecule has 0 aliphatic carbocycles. The number of halogens is 1. The lowest BCUT2D eigenvalue weighted by Crippen LogP contribution is -2.42. The molecule has 0 bridgehead atoms. The number of thioether (sulfide) groups is 1. The molecule has 2 aromatic rings. The normalized spacial score (nSPS) is 10.7. The van der Waals surface area contributed by atoms with E-state index in [1.54, 1.807) is 27.5 Å². The number of rotatable bonds is 8. The van der Waals surface area contributed by atoms with Crippen LogP contribution in [0, 0.1) is 6.92 Å². The zero-order valence-corrected chi connectivity index (χ0v) is 16.0. The predicted molar refractivity (Wildman–Crippen MR) is 101 cm³/mol. The number of nitrogens with zero attached hydrogens (tertiary/aromatic N) is 3. The Morgan fingerprint density at radius 1 is 1.36 bits per heavy atom. The molecule has 6 nitrogen and oxygen atoms in total. The van der Waals surface area contributed by atoms with E-state index in [0.29, 0.717) is 24.7 Å². The van der Waals surface area contributed by atoms with Gasteiger partial charge in [0.15, 0.2) is 0 Å². The van der Waals surface area contributed by atoms with Crippen LogP contribution in [-0.2, 0) is 13.6 Å². The molecule has 0 saturated heterocycles. The number of hydrogen-bond acceptors (Lipinski definition) is 4. The first-order valence-electron chi connectivity index (χ1n) is 8.00. The van der Waals surface area contributed by atoms with Crippen LogP contribution in [0.25, 0.3) is 0 Å². The number of carbonyl (C=O) groups excluding carboxylic acids is 1. The molecular weight excluding hydrogens is 360 g/mol. The van der Waals surface area contributed by atoms with Crippen molar-refractivity contribution in [3.63, 3.8) is 0 Å². The number of aliphatic hydroxyl groups is 1. The lowest BCUT2D eigenvalue weighted by molar-refractivity contribution is 0.180. The Hall–Kier alpha value is -1.70. The summed E-state index contributed by atoms with van der Waals surface area (Å²) in [6, 6.07) is 7.41. The standard InChI is InChI=1S/C17H23ClN4O2S/c1-13-14(12-20-21(13)2)11-19-17(24)22(7-9-23)8-10-25-16-5-3-15(18)4-6-16/h3-6,12,23H,7-11H2,1-2H3,(H,19,24). The van der Waals surface area contributed by atoms with Gasteiger partial charge in [-0.05, 0) is 31.2 Å². The number of aliphatic hydroxyl groups excluding tert-OH is 1. The molecule has 0 saturated carbocycles. The molecular formula is C17H23ClN4O2S. The van der Waals surface area contributed by atoms with Gasteiger partial charge in [0.2, 0.25) is 0 Å². The Kier molecular flexibility index (Phi) is 7.61. The van der Waals surface area contributed by atoms with Crippen LogP contribution in [0.1, 0.15) is 11.3 Å². The monoisotopic (exact) mass is 382 g/mol. The lowest BCUT2D eigenvalue weighted by atomic mass is 10.2. The van der Waals surface area contributed by atoms with Gasteiger partial charge in [0.25, 0.3) is 0 Å². The smallest absolute Gasteiger partial charge is 0.317 e. The fourth-order valence-corrected chi connectivity index (χ4v) is 3.24. The quantitative estimate of drug-likeness (QED) is 0.688. The molecule has 2 rings (SSSR count). The van der Waals surface area contributed by atoms with Crippen molar-refractivity contribution in [3.8, 4) is 0 Å². The van der Waals surface area contributed by atoms with E-state index in [1.807, 2.05) is 38.2 Å². The highest BCUT2D eigenvalue weighted by Crippen LogP contribution is 2.20. The molecule has 0 fully saturated rings. The molecule has 8 heteroatoms. The Morgan fingerprint density at radius 2 is 2.08 bits per heavy atom. The zero-order valence-electron chi connectivity index (χ0n) is 14.4. The molecule has 25 heavy (non-hydrogen) atoms. The van der Waals surface area contributed by atoms with Gasteiger partial charge in [-0.2, -0.15) is 5.10 Å². The summed E-state index contributed by atoms with van der Waals surface area (Å²) in [4.78, 5) is 15.1. The van der Waals surface area contributed by atoms with E-state index in [-0.39, 0.29) is 12.6 Å². The third kappa shape index (κ3) is 5.95. The summed E-state index contributed by atoms with van der Waals surface area (Å²) in [5.41, 5.74) is 2.00. The van der Waals surface area contributed by atoms with E-state index < -0.39 is 0 Å². The first-order valence-corrected chi connectivity index (χ1v) is 9.37. The molecule has 2 N–H and O–H groups in total. The van der Waals surface area contributed by atoms with E-state index >= 15 is 0 Å². The topological polar surface area (TPSA) is 70.4 Å². The molecule has 0 aliphatic rings. The van der Waals surface area contributed by atoms with Gasteiger partial charge < -0.3 is 15.3 Å². The Morgan fingerprint density at radius 3 is 2.68 bits per heavy atom. The molecule has 0 atom stereocenters. The number of hydrogen-bond donors (Lipinski definition) is 2. The summed E-state index contributed by atoms with van der Waals surface area (Å²) in [5, 5.41) is 17.0. The molecule has 1 aromatic heterocycles. The van der Waals surface area contributed by atoms with Crippen molar-refractivity contribution in [2.24, 2.45) is 7.05 Å². The summed E-state index contributed by atoms with van der Waals surface area (Å²) < 4.78 is 1.77. The summed E-state index contributed by atoms with van der Waals surface area (Å²) in [6.07, 6.45) is 1.75.